The van der Waals surface area contributed by atoms with Crippen LogP contribution in [0.25, 0.3) is 21.8 Å². The van der Waals surface area contributed by atoms with Crippen molar-refractivity contribution in [2.75, 3.05) is 0 Å². The van der Waals surface area contributed by atoms with Gasteiger partial charge in [0.25, 0.3) is 0 Å². The summed E-state index contributed by atoms with van der Waals surface area (Å²) in [7, 11) is 0. The third-order valence-corrected chi connectivity index (χ3v) is 5.00. The van der Waals surface area contributed by atoms with Gasteiger partial charge in [0.1, 0.15) is 17.2 Å². The van der Waals surface area contributed by atoms with E-state index in [1.165, 1.54) is 11.3 Å². The number of para-hydroxylation sites is 2. The Bertz CT molecular complexity index is 1130. The second kappa shape index (κ2) is 7.51. The van der Waals surface area contributed by atoms with Crippen molar-refractivity contribution in [3.8, 4) is 10.8 Å². The van der Waals surface area contributed by atoms with Crippen LogP contribution in [0.15, 0.2) is 51.4 Å². The minimum Gasteiger partial charge on any atom is -0.440 e. The van der Waals surface area contributed by atoms with Crippen LogP contribution in [0, 0.1) is 6.92 Å². The van der Waals surface area contributed by atoms with Gasteiger partial charge >= 0.3 is 6.55 Å². The third kappa shape index (κ3) is 3.40. The van der Waals surface area contributed by atoms with Gasteiger partial charge in [0.15, 0.2) is 12.4 Å². The molecule has 0 atom stereocenters. The SMILES string of the molecule is C/C(=N/OCc1nc(-c2cccs2)oc1C)c1nc2ccccc2n1C(F)F. The van der Waals surface area contributed by atoms with Crippen molar-refractivity contribution >= 4 is 28.1 Å². The van der Waals surface area contributed by atoms with Crippen LogP contribution in [0.4, 0.5) is 8.78 Å². The summed E-state index contributed by atoms with van der Waals surface area (Å²) in [5.41, 5.74) is 1.66. The van der Waals surface area contributed by atoms with Gasteiger partial charge in [0.2, 0.25) is 5.89 Å². The molecular weight excluding hydrogens is 386 g/mol. The van der Waals surface area contributed by atoms with Crippen LogP contribution in [0.1, 0.15) is 30.8 Å². The van der Waals surface area contributed by atoms with Crippen molar-refractivity contribution in [1.29, 1.82) is 0 Å². The number of oxazole rings is 1. The minimum atomic E-state index is -2.74. The molecule has 0 radical (unpaired) electrons. The molecule has 0 unspecified atom stereocenters. The number of imidazole rings is 1. The highest BCUT2D eigenvalue weighted by atomic mass is 32.1. The van der Waals surface area contributed by atoms with Gasteiger partial charge in [-0.05, 0) is 37.4 Å². The predicted octanol–water partition coefficient (Wildman–Crippen LogP) is 5.40. The molecule has 0 fully saturated rings. The highest BCUT2D eigenvalue weighted by Gasteiger charge is 2.20. The highest BCUT2D eigenvalue weighted by molar-refractivity contribution is 7.13. The second-order valence-electron chi connectivity index (χ2n) is 6.02. The summed E-state index contributed by atoms with van der Waals surface area (Å²) in [6, 6.07) is 10.5. The zero-order valence-electron chi connectivity index (χ0n) is 15.1. The van der Waals surface area contributed by atoms with Crippen LogP contribution in [0.3, 0.4) is 0 Å². The number of thiophene rings is 1. The number of fused-ring (bicyclic) bond motifs is 1. The van der Waals surface area contributed by atoms with Crippen molar-refractivity contribution in [2.45, 2.75) is 27.0 Å². The van der Waals surface area contributed by atoms with Crippen molar-refractivity contribution in [3.05, 3.63) is 59.1 Å². The van der Waals surface area contributed by atoms with E-state index in [-0.39, 0.29) is 18.1 Å². The Hall–Kier alpha value is -3.07. The Balaban J connectivity index is 1.55. The molecule has 0 aliphatic rings. The second-order valence-corrected chi connectivity index (χ2v) is 6.97. The number of hydrogen-bond donors (Lipinski definition) is 0. The fraction of sp³-hybridized carbons (Fsp3) is 0.211. The highest BCUT2D eigenvalue weighted by Crippen LogP contribution is 2.26. The van der Waals surface area contributed by atoms with Gasteiger partial charge in [-0.2, -0.15) is 8.78 Å². The zero-order chi connectivity index (χ0) is 19.7. The van der Waals surface area contributed by atoms with Crippen LogP contribution in [0.2, 0.25) is 0 Å². The van der Waals surface area contributed by atoms with Crippen molar-refractivity contribution in [3.63, 3.8) is 0 Å². The molecule has 0 aliphatic carbocycles. The molecule has 4 aromatic rings. The molecular formula is C19H16F2N4O2S. The Morgan fingerprint density at radius 1 is 1.25 bits per heavy atom. The zero-order valence-corrected chi connectivity index (χ0v) is 15.9. The predicted molar refractivity (Wildman–Crippen MR) is 103 cm³/mol. The normalized spacial score (nSPS) is 12.2. The van der Waals surface area contributed by atoms with Crippen LogP contribution in [-0.4, -0.2) is 20.2 Å². The lowest BCUT2D eigenvalue weighted by atomic mass is 10.3. The minimum absolute atomic E-state index is 0.0624. The van der Waals surface area contributed by atoms with Crippen molar-refractivity contribution in [1.82, 2.24) is 14.5 Å². The Labute approximate surface area is 163 Å². The summed E-state index contributed by atoms with van der Waals surface area (Å²) in [6.07, 6.45) is 0. The number of rotatable bonds is 6. The quantitative estimate of drug-likeness (QED) is 0.320. The average Bonchev–Trinajstić information content (AvgIpc) is 3.39. The van der Waals surface area contributed by atoms with Gasteiger partial charge in [-0.1, -0.05) is 23.4 Å². The average molecular weight is 402 g/mol. The lowest BCUT2D eigenvalue weighted by Crippen LogP contribution is -2.10. The molecule has 0 saturated heterocycles. The van der Waals surface area contributed by atoms with Gasteiger partial charge < -0.3 is 9.25 Å². The first-order valence-electron chi connectivity index (χ1n) is 8.47. The van der Waals surface area contributed by atoms with E-state index in [1.54, 1.807) is 38.1 Å². The number of halogens is 2. The largest absolute Gasteiger partial charge is 0.440 e. The van der Waals surface area contributed by atoms with E-state index >= 15 is 0 Å². The van der Waals surface area contributed by atoms with Crippen molar-refractivity contribution < 1.29 is 18.0 Å². The van der Waals surface area contributed by atoms with Gasteiger partial charge in [0.05, 0.1) is 15.9 Å². The Morgan fingerprint density at radius 3 is 2.82 bits per heavy atom. The summed E-state index contributed by atoms with van der Waals surface area (Å²) in [5.74, 6) is 1.20. The van der Waals surface area contributed by atoms with Crippen LogP contribution in [0.5, 0.6) is 0 Å². The molecule has 144 valence electrons. The van der Waals surface area contributed by atoms with E-state index in [1.807, 2.05) is 17.5 Å². The molecule has 28 heavy (non-hydrogen) atoms. The molecule has 4 rings (SSSR count). The van der Waals surface area contributed by atoms with Crippen LogP contribution < -0.4 is 0 Å². The smallest absolute Gasteiger partial charge is 0.320 e. The molecule has 0 amide bonds. The van der Waals surface area contributed by atoms with E-state index in [2.05, 4.69) is 15.1 Å². The molecule has 3 heterocycles. The van der Waals surface area contributed by atoms with Gasteiger partial charge in [-0.25, -0.2) is 9.97 Å². The van der Waals surface area contributed by atoms with Crippen molar-refractivity contribution in [2.24, 2.45) is 5.16 Å². The standard InChI is InChI=1S/C19H16F2N4O2S/c1-11(17-22-13-6-3-4-7-15(13)25(17)19(20)21)24-26-10-14-12(2)27-18(23-14)16-8-5-9-28-16/h3-9,19H,10H2,1-2H3/b24-11-. The topological polar surface area (TPSA) is 65.4 Å². The summed E-state index contributed by atoms with van der Waals surface area (Å²) in [6.45, 7) is 0.689. The fourth-order valence-electron chi connectivity index (χ4n) is 2.80. The van der Waals surface area contributed by atoms with Gasteiger partial charge in [0, 0.05) is 0 Å². The number of aromatic nitrogens is 3. The number of benzene rings is 1. The molecule has 9 heteroatoms. The van der Waals surface area contributed by atoms with Crippen LogP contribution in [-0.2, 0) is 11.4 Å². The molecule has 0 saturated carbocycles. The first-order chi connectivity index (χ1) is 13.5. The van der Waals surface area contributed by atoms with Gasteiger partial charge in [-0.15, -0.1) is 11.3 Å². The van der Waals surface area contributed by atoms with E-state index in [4.69, 9.17) is 9.25 Å². The summed E-state index contributed by atoms with van der Waals surface area (Å²) in [4.78, 5) is 14.9. The number of alkyl halides is 2. The molecule has 1 aromatic carbocycles. The maximum Gasteiger partial charge on any atom is 0.320 e. The number of oxime groups is 1. The summed E-state index contributed by atoms with van der Waals surface area (Å²) < 4.78 is 33.6. The lowest BCUT2D eigenvalue weighted by Gasteiger charge is -2.07. The van der Waals surface area contributed by atoms with E-state index < -0.39 is 6.55 Å². The van der Waals surface area contributed by atoms with E-state index in [0.29, 0.717) is 28.4 Å². The fourth-order valence-corrected chi connectivity index (χ4v) is 3.44. The first-order valence-corrected chi connectivity index (χ1v) is 9.35. The molecule has 0 N–H and O–H groups in total. The number of hydrogen-bond acceptors (Lipinski definition) is 6. The maximum absolute atomic E-state index is 13.5. The molecule has 3 aromatic heterocycles. The molecule has 6 nitrogen and oxygen atoms in total. The number of aryl methyl sites for hydroxylation is 1. The Morgan fingerprint density at radius 2 is 2.07 bits per heavy atom. The van der Waals surface area contributed by atoms with Gasteiger partial charge in [-0.3, -0.25) is 4.57 Å². The monoisotopic (exact) mass is 402 g/mol. The van der Waals surface area contributed by atoms with E-state index in [9.17, 15) is 8.78 Å². The molecule has 0 spiro atoms. The van der Waals surface area contributed by atoms with Crippen LogP contribution >= 0.6 is 11.3 Å². The lowest BCUT2D eigenvalue weighted by molar-refractivity contribution is 0.0735. The van der Waals surface area contributed by atoms with E-state index in [0.717, 1.165) is 9.44 Å². The Kier molecular flexibility index (Phi) is 4.91. The number of nitrogens with zero attached hydrogens (tertiary/aromatic N) is 4. The molecule has 0 bridgehead atoms. The summed E-state index contributed by atoms with van der Waals surface area (Å²) >= 11 is 1.52. The first kappa shape index (κ1) is 18.3. The summed E-state index contributed by atoms with van der Waals surface area (Å²) in [5, 5.41) is 5.90. The maximum atomic E-state index is 13.5. The third-order valence-electron chi connectivity index (χ3n) is 4.14. The molecule has 0 aliphatic heterocycles.